The highest BCUT2D eigenvalue weighted by atomic mass is 19.4. The zero-order valence-electron chi connectivity index (χ0n) is 19.8. The molecule has 7 nitrogen and oxygen atoms in total. The number of hydrogen-bond donors (Lipinski definition) is 0. The average Bonchev–Trinajstić information content (AvgIpc) is 3.24. The molecule has 3 aromatic carbocycles. The summed E-state index contributed by atoms with van der Waals surface area (Å²) in [5.41, 5.74) is -7.45. The van der Waals surface area contributed by atoms with Gasteiger partial charge < -0.3 is 4.74 Å². The van der Waals surface area contributed by atoms with Gasteiger partial charge in [0, 0.05) is 5.56 Å². The Labute approximate surface area is 223 Å². The highest BCUT2D eigenvalue weighted by Crippen LogP contribution is 2.51. The van der Waals surface area contributed by atoms with Crippen LogP contribution in [-0.2, 0) is 0 Å². The summed E-state index contributed by atoms with van der Waals surface area (Å²) in [7, 11) is 0. The third-order valence-electron chi connectivity index (χ3n) is 5.99. The normalized spacial score (nSPS) is 12.7. The molecular formula is C26H5F8N6O+. The van der Waals surface area contributed by atoms with Crippen molar-refractivity contribution in [1.29, 1.82) is 15.8 Å². The molecule has 200 valence electrons. The van der Waals surface area contributed by atoms with Crippen molar-refractivity contribution in [3.63, 3.8) is 0 Å². The van der Waals surface area contributed by atoms with Crippen LogP contribution in [0.5, 0.6) is 5.75 Å². The molecule has 0 bridgehead atoms. The molecule has 0 aromatic heterocycles. The van der Waals surface area contributed by atoms with Gasteiger partial charge in [-0.2, -0.15) is 19.3 Å². The van der Waals surface area contributed by atoms with Crippen LogP contribution >= 0.6 is 0 Å². The summed E-state index contributed by atoms with van der Waals surface area (Å²) in [6.45, 7) is 16.3. The van der Waals surface area contributed by atoms with Crippen LogP contribution in [-0.4, -0.2) is 16.6 Å². The Balaban J connectivity index is 2.40. The van der Waals surface area contributed by atoms with Crippen LogP contribution in [0, 0.1) is 83.3 Å². The number of nitriles is 3. The number of nitrogens with zero attached hydrogens (tertiary/aromatic N) is 6. The van der Waals surface area contributed by atoms with Crippen molar-refractivity contribution in [2.75, 3.05) is 0 Å². The summed E-state index contributed by atoms with van der Waals surface area (Å²) in [5, 5.41) is 29.4. The molecule has 0 aliphatic heterocycles. The van der Waals surface area contributed by atoms with Crippen molar-refractivity contribution in [1.82, 2.24) is 0 Å². The minimum absolute atomic E-state index is 0.0832. The minimum Gasteiger partial charge on any atom is -0.403 e. The summed E-state index contributed by atoms with van der Waals surface area (Å²) in [4.78, 5) is 6.51. The van der Waals surface area contributed by atoms with Gasteiger partial charge in [-0.3, -0.25) is 0 Å². The number of benzene rings is 3. The molecule has 0 heterocycles. The molecule has 0 saturated heterocycles. The predicted octanol–water partition coefficient (Wildman–Crippen LogP) is 7.08. The summed E-state index contributed by atoms with van der Waals surface area (Å²) >= 11 is 0. The minimum atomic E-state index is -5.48. The second kappa shape index (κ2) is 9.64. The van der Waals surface area contributed by atoms with E-state index in [1.54, 1.807) is 0 Å². The average molecular weight is 569 g/mol. The summed E-state index contributed by atoms with van der Waals surface area (Å²) in [5.74, 6) is -13.9. The second-order valence-electron chi connectivity index (χ2n) is 8.04. The van der Waals surface area contributed by atoms with Crippen molar-refractivity contribution in [2.24, 2.45) is 0 Å². The number of ether oxygens (including phenoxy) is 1. The molecule has 0 N–H and O–H groups in total. The Kier molecular flexibility index (Phi) is 6.59. The van der Waals surface area contributed by atoms with E-state index in [9.17, 15) is 50.9 Å². The fraction of sp³-hybridized carbons (Fsp3) is 0.0769. The Morgan fingerprint density at radius 3 is 1.85 bits per heavy atom. The lowest BCUT2D eigenvalue weighted by Crippen LogP contribution is -2.21. The van der Waals surface area contributed by atoms with Crippen molar-refractivity contribution >= 4 is 22.8 Å². The van der Waals surface area contributed by atoms with Crippen LogP contribution in [0.1, 0.15) is 27.8 Å². The zero-order valence-corrected chi connectivity index (χ0v) is 19.8. The lowest BCUT2D eigenvalue weighted by Gasteiger charge is -2.15. The quantitative estimate of drug-likeness (QED) is 0.0491. The van der Waals surface area contributed by atoms with Crippen molar-refractivity contribution in [3.8, 4) is 35.2 Å². The van der Waals surface area contributed by atoms with Crippen LogP contribution in [0.15, 0.2) is 12.1 Å². The lowest BCUT2D eigenvalue weighted by molar-refractivity contribution is -0.345. The number of hydrogen-bond acceptors (Lipinski definition) is 4. The topological polar surface area (TPSA) is 92.3 Å². The maximum atomic E-state index is 14.9. The zero-order chi connectivity index (χ0) is 30.5. The van der Waals surface area contributed by atoms with E-state index in [2.05, 4.69) is 14.4 Å². The van der Waals surface area contributed by atoms with Gasteiger partial charge in [0.15, 0.2) is 22.4 Å². The molecule has 0 unspecified atom stereocenters. The molecule has 0 atom stereocenters. The van der Waals surface area contributed by atoms with Gasteiger partial charge in [0.05, 0.1) is 24.3 Å². The van der Waals surface area contributed by atoms with E-state index >= 15 is 0 Å². The van der Waals surface area contributed by atoms with Crippen LogP contribution in [0.25, 0.3) is 20.8 Å². The first-order valence-corrected chi connectivity index (χ1v) is 10.6. The molecule has 0 radical (unpaired) electrons. The van der Waals surface area contributed by atoms with Gasteiger partial charge in [-0.1, -0.05) is 13.0 Å². The molecule has 0 spiro atoms. The summed E-state index contributed by atoms with van der Waals surface area (Å²) in [6, 6.07) is 4.58. The third-order valence-corrected chi connectivity index (χ3v) is 5.99. The van der Waals surface area contributed by atoms with Gasteiger partial charge >= 0.3 is 12.6 Å². The van der Waals surface area contributed by atoms with Gasteiger partial charge in [-0.15, -0.1) is 17.7 Å². The summed E-state index contributed by atoms with van der Waals surface area (Å²) in [6.07, 6.45) is -4.28. The Bertz CT molecular complexity index is 1950. The van der Waals surface area contributed by atoms with Gasteiger partial charge in [0.1, 0.15) is 23.4 Å². The van der Waals surface area contributed by atoms with E-state index < -0.39 is 80.5 Å². The summed E-state index contributed by atoms with van der Waals surface area (Å²) < 4.78 is 115. The van der Waals surface area contributed by atoms with Crippen molar-refractivity contribution in [2.45, 2.75) is 13.3 Å². The van der Waals surface area contributed by atoms with E-state index in [1.165, 1.54) is 25.3 Å². The maximum absolute atomic E-state index is 14.9. The standard InChI is InChI=1S/C26H5F8N6O/c1-9-14(38-2)5-12-11-4-10(6-35)25(41-26(32,33)34)13(7-36)15(11)23(16(12)22(9)39-3)40(8-37)24-20(30)18(28)17(27)19(29)21(24)31/h4-5H,1H3/q+1. The number of rotatable bonds is 2. The van der Waals surface area contributed by atoms with E-state index in [-0.39, 0.29) is 27.0 Å². The predicted molar refractivity (Wildman–Crippen MR) is 120 cm³/mol. The second-order valence-corrected chi connectivity index (χ2v) is 8.04. The number of fused-ring (bicyclic) bond motifs is 3. The van der Waals surface area contributed by atoms with Gasteiger partial charge in [0.25, 0.3) is 0 Å². The van der Waals surface area contributed by atoms with E-state index in [0.29, 0.717) is 0 Å². The van der Waals surface area contributed by atoms with Crippen LogP contribution in [0.2, 0.25) is 0 Å². The fourth-order valence-corrected chi connectivity index (χ4v) is 4.35. The number of alkyl halides is 3. The van der Waals surface area contributed by atoms with Gasteiger partial charge in [-0.25, -0.2) is 22.9 Å². The largest absolute Gasteiger partial charge is 0.573 e. The smallest absolute Gasteiger partial charge is 0.403 e. The van der Waals surface area contributed by atoms with Crippen LogP contribution in [0.3, 0.4) is 0 Å². The highest BCUT2D eigenvalue weighted by molar-refractivity contribution is 6.27. The highest BCUT2D eigenvalue weighted by Gasteiger charge is 2.43. The lowest BCUT2D eigenvalue weighted by atomic mass is 9.96. The Hall–Kier alpha value is -5.98. The third kappa shape index (κ3) is 4.03. The molecule has 0 fully saturated rings. The van der Waals surface area contributed by atoms with Crippen molar-refractivity contribution in [3.05, 3.63) is 91.9 Å². The molecule has 0 amide bonds. The number of halogens is 8. The molecule has 1 aliphatic rings. The SMILES string of the molecule is [C-]#[N+]c1cc2c(c([N+]#[C-])c1C)C(=[N+](C#N)c1c(F)c(F)c(F)c(F)c1F)c1c-2cc(C#N)c(OC(F)(F)F)c1C#N. The Morgan fingerprint density at radius 2 is 1.39 bits per heavy atom. The first-order valence-electron chi connectivity index (χ1n) is 10.6. The fourth-order valence-electron chi connectivity index (χ4n) is 4.35. The van der Waals surface area contributed by atoms with E-state index in [4.69, 9.17) is 13.1 Å². The van der Waals surface area contributed by atoms with Crippen LogP contribution < -0.4 is 4.74 Å². The van der Waals surface area contributed by atoms with E-state index in [1.807, 2.05) is 0 Å². The molecule has 0 saturated carbocycles. The van der Waals surface area contributed by atoms with Crippen LogP contribution in [0.4, 0.5) is 52.2 Å². The monoisotopic (exact) mass is 569 g/mol. The van der Waals surface area contributed by atoms with Gasteiger partial charge in [0.2, 0.25) is 34.8 Å². The molecule has 3 aromatic rings. The molecular weight excluding hydrogens is 564 g/mol. The first-order chi connectivity index (χ1) is 19.3. The van der Waals surface area contributed by atoms with Crippen molar-refractivity contribution < 1.29 is 44.4 Å². The molecule has 4 rings (SSSR count). The first kappa shape index (κ1) is 28.0. The van der Waals surface area contributed by atoms with E-state index in [0.717, 1.165) is 12.1 Å². The molecule has 15 heteroatoms. The van der Waals surface area contributed by atoms with Gasteiger partial charge in [-0.05, 0) is 22.8 Å². The Morgan fingerprint density at radius 1 is 0.829 bits per heavy atom. The molecule has 41 heavy (non-hydrogen) atoms. The molecule has 1 aliphatic carbocycles. The maximum Gasteiger partial charge on any atom is 0.573 e.